The summed E-state index contributed by atoms with van der Waals surface area (Å²) in [5, 5.41) is 0. The molecule has 1 aliphatic rings. The highest BCUT2D eigenvalue weighted by Gasteiger charge is 2.51. The van der Waals surface area contributed by atoms with Crippen LogP contribution < -0.4 is 9.47 Å². The van der Waals surface area contributed by atoms with E-state index in [0.29, 0.717) is 25.4 Å². The van der Waals surface area contributed by atoms with Crippen LogP contribution in [0, 0.1) is 16.7 Å². The van der Waals surface area contributed by atoms with E-state index < -0.39 is 0 Å². The number of carbonyl (C=O) groups excluding carboxylic acids is 1. The van der Waals surface area contributed by atoms with Crippen molar-refractivity contribution in [3.8, 4) is 11.5 Å². The average Bonchev–Trinajstić information content (AvgIpc) is 2.87. The summed E-state index contributed by atoms with van der Waals surface area (Å²) < 4.78 is 12.3. The van der Waals surface area contributed by atoms with Crippen LogP contribution in [0.3, 0.4) is 0 Å². The number of hydrogen-bond acceptors (Lipinski definition) is 3. The number of rotatable bonds is 16. The van der Waals surface area contributed by atoms with E-state index in [1.165, 1.54) is 5.56 Å². The number of ether oxygens (including phenoxy) is 2. The Morgan fingerprint density at radius 1 is 0.950 bits per heavy atom. The molecule has 220 valence electrons. The van der Waals surface area contributed by atoms with Crippen LogP contribution in [0.15, 0.2) is 54.6 Å². The summed E-state index contributed by atoms with van der Waals surface area (Å²) in [6, 6.07) is 15.0. The van der Waals surface area contributed by atoms with E-state index in [2.05, 4.69) is 90.6 Å². The number of unbranched alkanes of at least 4 members (excludes halogenated alkanes) is 1. The number of carbonyl (C=O) groups is 1. The summed E-state index contributed by atoms with van der Waals surface area (Å²) in [5.74, 6) is 2.46. The van der Waals surface area contributed by atoms with Gasteiger partial charge in [-0.25, -0.2) is 0 Å². The van der Waals surface area contributed by atoms with Crippen LogP contribution in [0.25, 0.3) is 0 Å². The first kappa shape index (κ1) is 32.0. The van der Waals surface area contributed by atoms with Crippen LogP contribution in [-0.2, 0) is 11.2 Å². The Balaban J connectivity index is 1.90. The number of benzene rings is 2. The van der Waals surface area contributed by atoms with Crippen molar-refractivity contribution >= 4 is 5.78 Å². The van der Waals surface area contributed by atoms with E-state index in [4.69, 9.17) is 9.47 Å². The zero-order valence-corrected chi connectivity index (χ0v) is 26.6. The number of hydrogen-bond donors (Lipinski definition) is 0. The minimum absolute atomic E-state index is 0.0513. The molecule has 0 aromatic heterocycles. The molecule has 0 saturated heterocycles. The van der Waals surface area contributed by atoms with Gasteiger partial charge in [0.05, 0.1) is 13.2 Å². The van der Waals surface area contributed by atoms with Crippen molar-refractivity contribution in [2.75, 3.05) is 13.2 Å². The maximum atomic E-state index is 14.2. The third-order valence-corrected chi connectivity index (χ3v) is 8.97. The first-order chi connectivity index (χ1) is 18.9. The van der Waals surface area contributed by atoms with Gasteiger partial charge in [0.15, 0.2) is 0 Å². The summed E-state index contributed by atoms with van der Waals surface area (Å²) in [7, 11) is 0. The number of aryl methyl sites for hydroxylation is 1. The molecule has 0 heterocycles. The van der Waals surface area contributed by atoms with E-state index in [1.807, 2.05) is 13.8 Å². The van der Waals surface area contributed by atoms with Gasteiger partial charge in [-0.2, -0.15) is 0 Å². The summed E-state index contributed by atoms with van der Waals surface area (Å²) in [5.41, 5.74) is 5.00. The van der Waals surface area contributed by atoms with E-state index >= 15 is 0 Å². The SMILES string of the molecule is C=C(C)C1(CC(=O)C(CCCCc2ccccc2)[C@H](C)c2cc(OCC)c(C(C)C)c(OCC)c2)CC(C)(C)C1. The highest BCUT2D eigenvalue weighted by atomic mass is 16.5. The Morgan fingerprint density at radius 2 is 1.52 bits per heavy atom. The fourth-order valence-corrected chi connectivity index (χ4v) is 7.09. The molecule has 0 spiro atoms. The van der Waals surface area contributed by atoms with Gasteiger partial charge in [0.2, 0.25) is 0 Å². The Hall–Kier alpha value is -2.55. The third-order valence-electron chi connectivity index (χ3n) is 8.97. The number of ketones is 1. The minimum Gasteiger partial charge on any atom is -0.493 e. The van der Waals surface area contributed by atoms with Crippen LogP contribution in [-0.4, -0.2) is 19.0 Å². The van der Waals surface area contributed by atoms with Crippen LogP contribution in [0.5, 0.6) is 11.5 Å². The van der Waals surface area contributed by atoms with Gasteiger partial charge in [-0.05, 0) is 98.8 Å². The van der Waals surface area contributed by atoms with Crippen molar-refractivity contribution in [2.24, 2.45) is 16.7 Å². The molecule has 1 aliphatic carbocycles. The van der Waals surface area contributed by atoms with Gasteiger partial charge < -0.3 is 9.47 Å². The van der Waals surface area contributed by atoms with E-state index in [1.54, 1.807) is 0 Å². The molecule has 2 aromatic carbocycles. The predicted molar refractivity (Wildman–Crippen MR) is 169 cm³/mol. The van der Waals surface area contributed by atoms with E-state index in [0.717, 1.165) is 66.7 Å². The molecule has 0 amide bonds. The van der Waals surface area contributed by atoms with Crippen LogP contribution >= 0.6 is 0 Å². The first-order valence-electron chi connectivity index (χ1n) is 15.6. The van der Waals surface area contributed by atoms with Gasteiger partial charge in [-0.1, -0.05) is 83.5 Å². The zero-order valence-electron chi connectivity index (χ0n) is 26.6. The summed E-state index contributed by atoms with van der Waals surface area (Å²) in [4.78, 5) is 14.2. The lowest BCUT2D eigenvalue weighted by molar-refractivity contribution is -0.129. The largest absolute Gasteiger partial charge is 0.493 e. The van der Waals surface area contributed by atoms with Crippen molar-refractivity contribution < 1.29 is 14.3 Å². The van der Waals surface area contributed by atoms with Gasteiger partial charge >= 0.3 is 0 Å². The van der Waals surface area contributed by atoms with E-state index in [-0.39, 0.29) is 28.6 Å². The molecule has 2 atom stereocenters. The third kappa shape index (κ3) is 7.80. The second-order valence-electron chi connectivity index (χ2n) is 13.3. The first-order valence-corrected chi connectivity index (χ1v) is 15.6. The highest BCUT2D eigenvalue weighted by Crippen LogP contribution is 2.60. The maximum absolute atomic E-state index is 14.2. The van der Waals surface area contributed by atoms with Crippen LogP contribution in [0.4, 0.5) is 0 Å². The molecule has 1 fully saturated rings. The monoisotopic (exact) mass is 546 g/mol. The zero-order chi connectivity index (χ0) is 29.5. The van der Waals surface area contributed by atoms with E-state index in [9.17, 15) is 4.79 Å². The second-order valence-corrected chi connectivity index (χ2v) is 13.3. The van der Waals surface area contributed by atoms with Gasteiger partial charge in [0, 0.05) is 17.9 Å². The Bertz CT molecular complexity index is 1090. The Kier molecular flexibility index (Phi) is 11.1. The molecule has 3 nitrogen and oxygen atoms in total. The normalized spacial score (nSPS) is 17.1. The van der Waals surface area contributed by atoms with Crippen molar-refractivity contribution in [1.29, 1.82) is 0 Å². The summed E-state index contributed by atoms with van der Waals surface area (Å²) in [6.45, 7) is 22.9. The summed E-state index contributed by atoms with van der Waals surface area (Å²) >= 11 is 0. The fourth-order valence-electron chi connectivity index (χ4n) is 7.09. The lowest BCUT2D eigenvalue weighted by Crippen LogP contribution is -2.46. The predicted octanol–water partition coefficient (Wildman–Crippen LogP) is 10.1. The molecule has 0 N–H and O–H groups in total. The summed E-state index contributed by atoms with van der Waals surface area (Å²) in [6.07, 6.45) is 6.74. The molecule has 3 rings (SSSR count). The quantitative estimate of drug-likeness (QED) is 0.155. The van der Waals surface area contributed by atoms with Gasteiger partial charge in [-0.15, -0.1) is 0 Å². The molecule has 0 radical (unpaired) electrons. The molecular formula is C37H54O3. The lowest BCUT2D eigenvalue weighted by atomic mass is 9.50. The molecule has 3 heteroatoms. The topological polar surface area (TPSA) is 35.5 Å². The van der Waals surface area contributed by atoms with Gasteiger partial charge in [0.25, 0.3) is 0 Å². The molecule has 0 aliphatic heterocycles. The van der Waals surface area contributed by atoms with Crippen molar-refractivity contribution in [1.82, 2.24) is 0 Å². The van der Waals surface area contributed by atoms with Gasteiger partial charge in [-0.3, -0.25) is 4.79 Å². The maximum Gasteiger partial charge on any atom is 0.137 e. The highest BCUT2D eigenvalue weighted by molar-refractivity contribution is 5.83. The van der Waals surface area contributed by atoms with Crippen molar-refractivity contribution in [3.05, 3.63) is 71.3 Å². The molecule has 1 saturated carbocycles. The van der Waals surface area contributed by atoms with Crippen molar-refractivity contribution in [2.45, 2.75) is 112 Å². The molecule has 2 aromatic rings. The van der Waals surface area contributed by atoms with Crippen molar-refractivity contribution in [3.63, 3.8) is 0 Å². The lowest BCUT2D eigenvalue weighted by Gasteiger charge is -2.54. The number of Topliss-reactive ketones (excluding diaryl/α,β-unsaturated/α-hetero) is 1. The fraction of sp³-hybridized carbons (Fsp3) is 0.595. The molecule has 1 unspecified atom stereocenters. The molecule has 40 heavy (non-hydrogen) atoms. The number of allylic oxidation sites excluding steroid dienone is 1. The Morgan fingerprint density at radius 3 is 2.00 bits per heavy atom. The average molecular weight is 547 g/mol. The molecular weight excluding hydrogens is 492 g/mol. The minimum atomic E-state index is -0.0585. The standard InChI is InChI=1S/C37H54O3/c1-10-39-33-21-30(22-34(40-11-2)35(33)26(3)4)28(7)31(20-16-15-19-29-17-13-12-14-18-29)32(38)23-37(27(5)6)24-36(8,9)25-37/h12-14,17-18,21-22,26,28,31H,5,10-11,15-16,19-20,23-25H2,1-4,6-9H3/t28-,31?/m1/s1. The smallest absolute Gasteiger partial charge is 0.137 e. The van der Waals surface area contributed by atoms with Crippen LogP contribution in [0.1, 0.15) is 122 Å². The van der Waals surface area contributed by atoms with Crippen LogP contribution in [0.2, 0.25) is 0 Å². The molecule has 0 bridgehead atoms. The second kappa shape index (κ2) is 13.9. The Labute approximate surface area is 244 Å². The van der Waals surface area contributed by atoms with Gasteiger partial charge in [0.1, 0.15) is 17.3 Å².